The summed E-state index contributed by atoms with van der Waals surface area (Å²) in [7, 11) is 0. The quantitative estimate of drug-likeness (QED) is 0.774. The molecule has 2 rings (SSSR count). The topological polar surface area (TPSA) is 41.6 Å². The highest BCUT2D eigenvalue weighted by molar-refractivity contribution is 5.08. The van der Waals surface area contributed by atoms with E-state index < -0.39 is 16.9 Å². The van der Waals surface area contributed by atoms with Crippen LogP contribution in [0.1, 0.15) is 60.8 Å². The predicted octanol–water partition coefficient (Wildman–Crippen LogP) is 3.14. The largest absolute Gasteiger partial charge is 0.347 e. The van der Waals surface area contributed by atoms with Crippen molar-refractivity contribution in [2.24, 2.45) is 5.92 Å². The van der Waals surface area contributed by atoms with Crippen LogP contribution in [0.4, 0.5) is 0 Å². The fourth-order valence-electron chi connectivity index (χ4n) is 3.73. The molecule has 5 unspecified atom stereocenters. The predicted molar refractivity (Wildman–Crippen MR) is 72.9 cm³/mol. The lowest BCUT2D eigenvalue weighted by molar-refractivity contribution is -0.373. The number of nitrogens with zero attached hydrogens (tertiary/aromatic N) is 1. The minimum absolute atomic E-state index is 0.0621. The van der Waals surface area contributed by atoms with Gasteiger partial charge in [0.15, 0.2) is 5.79 Å². The summed E-state index contributed by atoms with van der Waals surface area (Å²) < 4.78 is 12.2. The molecule has 0 bridgehead atoms. The van der Waals surface area contributed by atoms with Gasteiger partial charge in [0.1, 0.15) is 0 Å². The van der Waals surface area contributed by atoms with Gasteiger partial charge in [0.2, 0.25) is 0 Å². The molecular weight excluding hydrogens is 242 g/mol. The number of piperidine rings is 1. The number of hydroxylamine groups is 2. The lowest BCUT2D eigenvalue weighted by Crippen LogP contribution is -2.70. The highest BCUT2D eigenvalue weighted by Crippen LogP contribution is 2.53. The molecular formula is C15H28NO3. The van der Waals surface area contributed by atoms with Crippen molar-refractivity contribution < 1.29 is 14.7 Å². The monoisotopic (exact) mass is 270 g/mol. The zero-order chi connectivity index (χ0) is 14.5. The minimum atomic E-state index is -0.587. The van der Waals surface area contributed by atoms with Gasteiger partial charge >= 0.3 is 0 Å². The third kappa shape index (κ3) is 2.04. The Morgan fingerprint density at radius 1 is 1.21 bits per heavy atom. The summed E-state index contributed by atoms with van der Waals surface area (Å²) >= 11 is 0. The van der Waals surface area contributed by atoms with Crippen LogP contribution in [0.2, 0.25) is 0 Å². The summed E-state index contributed by atoms with van der Waals surface area (Å²) in [5, 5.41) is 14.2. The van der Waals surface area contributed by atoms with Crippen molar-refractivity contribution in [3.63, 3.8) is 0 Å². The Morgan fingerprint density at radius 2 is 1.84 bits per heavy atom. The molecule has 0 aromatic carbocycles. The summed E-state index contributed by atoms with van der Waals surface area (Å²) in [5.41, 5.74) is -0.853. The fourth-order valence-corrected chi connectivity index (χ4v) is 3.73. The first-order valence-corrected chi connectivity index (χ1v) is 7.53. The molecule has 2 aliphatic rings. The van der Waals surface area contributed by atoms with Gasteiger partial charge in [0, 0.05) is 12.3 Å². The summed E-state index contributed by atoms with van der Waals surface area (Å²) in [4.78, 5) is 0. The molecule has 2 saturated heterocycles. The number of ether oxygens (including phenoxy) is 2. The molecule has 0 N–H and O–H groups in total. The van der Waals surface area contributed by atoms with Gasteiger partial charge in [-0.15, -0.1) is 10.3 Å². The van der Waals surface area contributed by atoms with Crippen molar-refractivity contribution >= 4 is 0 Å². The minimum Gasteiger partial charge on any atom is -0.347 e. The van der Waals surface area contributed by atoms with Gasteiger partial charge in [0.05, 0.1) is 23.8 Å². The van der Waals surface area contributed by atoms with E-state index in [-0.39, 0.29) is 12.0 Å². The number of rotatable bonds is 2. The molecule has 0 aromatic rings. The van der Waals surface area contributed by atoms with Crippen LogP contribution >= 0.6 is 0 Å². The second kappa shape index (κ2) is 4.69. The summed E-state index contributed by atoms with van der Waals surface area (Å²) in [5.74, 6) is -0.525. The van der Waals surface area contributed by atoms with Gasteiger partial charge in [-0.25, -0.2) is 0 Å². The molecule has 19 heavy (non-hydrogen) atoms. The molecule has 0 saturated carbocycles. The lowest BCUT2D eigenvalue weighted by atomic mass is 9.67. The first kappa shape index (κ1) is 15.2. The zero-order valence-corrected chi connectivity index (χ0v) is 13.2. The van der Waals surface area contributed by atoms with Crippen LogP contribution < -0.4 is 0 Å². The average molecular weight is 270 g/mol. The van der Waals surface area contributed by atoms with Crippen molar-refractivity contribution in [1.29, 1.82) is 0 Å². The number of hydrogen-bond acceptors (Lipinski definition) is 3. The van der Waals surface area contributed by atoms with Gasteiger partial charge in [-0.3, -0.25) is 0 Å². The summed E-state index contributed by atoms with van der Waals surface area (Å²) in [6.07, 6.45) is 2.38. The van der Waals surface area contributed by atoms with Gasteiger partial charge in [0.25, 0.3) is 0 Å². The van der Waals surface area contributed by atoms with E-state index in [0.29, 0.717) is 13.0 Å². The van der Waals surface area contributed by atoms with Crippen LogP contribution in [-0.4, -0.2) is 34.6 Å². The Labute approximate surface area is 117 Å². The maximum absolute atomic E-state index is 12.9. The van der Waals surface area contributed by atoms with Gasteiger partial charge < -0.3 is 9.47 Å². The Hall–Kier alpha value is -0.160. The molecule has 2 aliphatic heterocycles. The smallest absolute Gasteiger partial charge is 0.175 e. The average Bonchev–Trinajstić information content (AvgIpc) is 2.76. The zero-order valence-electron chi connectivity index (χ0n) is 13.2. The van der Waals surface area contributed by atoms with Crippen LogP contribution in [-0.2, 0) is 14.7 Å². The van der Waals surface area contributed by atoms with Crippen LogP contribution in [0.25, 0.3) is 0 Å². The van der Waals surface area contributed by atoms with Crippen molar-refractivity contribution in [2.45, 2.75) is 83.8 Å². The normalized spacial score (nSPS) is 51.9. The molecule has 0 aromatic heterocycles. The molecule has 111 valence electrons. The molecule has 5 atom stereocenters. The van der Waals surface area contributed by atoms with Gasteiger partial charge in [-0.2, -0.15) is 0 Å². The van der Waals surface area contributed by atoms with Crippen LogP contribution in [0.3, 0.4) is 0 Å². The highest BCUT2D eigenvalue weighted by Gasteiger charge is 2.63. The van der Waals surface area contributed by atoms with E-state index in [1.165, 1.54) is 5.06 Å². The molecule has 4 nitrogen and oxygen atoms in total. The van der Waals surface area contributed by atoms with E-state index >= 15 is 0 Å². The lowest BCUT2D eigenvalue weighted by Gasteiger charge is -2.59. The third-order valence-corrected chi connectivity index (χ3v) is 5.61. The molecule has 2 heterocycles. The van der Waals surface area contributed by atoms with Gasteiger partial charge in [-0.05, 0) is 33.6 Å². The first-order chi connectivity index (χ1) is 8.74. The van der Waals surface area contributed by atoms with Crippen LogP contribution in [0, 0.1) is 5.92 Å². The maximum Gasteiger partial charge on any atom is 0.175 e. The molecule has 2 fully saturated rings. The Balaban J connectivity index is 2.43. The van der Waals surface area contributed by atoms with E-state index in [2.05, 4.69) is 27.7 Å². The summed E-state index contributed by atoms with van der Waals surface area (Å²) in [6, 6.07) is 0. The van der Waals surface area contributed by atoms with Crippen LogP contribution in [0.15, 0.2) is 0 Å². The van der Waals surface area contributed by atoms with E-state index in [9.17, 15) is 5.21 Å². The van der Waals surface area contributed by atoms with Crippen molar-refractivity contribution in [3.05, 3.63) is 0 Å². The molecule has 1 spiro atoms. The maximum atomic E-state index is 12.9. The second-order valence-electron chi connectivity index (χ2n) is 6.81. The highest BCUT2D eigenvalue weighted by atomic mass is 16.7. The molecule has 4 heteroatoms. The number of hydrogen-bond donors (Lipinski definition) is 0. The first-order valence-electron chi connectivity index (χ1n) is 7.53. The summed E-state index contributed by atoms with van der Waals surface area (Å²) in [6.45, 7) is 13.0. The molecule has 0 amide bonds. The fraction of sp³-hybridized carbons (Fsp3) is 1.00. The van der Waals surface area contributed by atoms with Gasteiger partial charge in [-0.1, -0.05) is 20.8 Å². The Bertz CT molecular complexity index is 350. The Kier molecular flexibility index (Phi) is 3.76. The second-order valence-corrected chi connectivity index (χ2v) is 6.81. The van der Waals surface area contributed by atoms with Crippen molar-refractivity contribution in [3.8, 4) is 0 Å². The molecule has 0 aliphatic carbocycles. The van der Waals surface area contributed by atoms with Crippen molar-refractivity contribution in [2.75, 3.05) is 6.61 Å². The SMILES string of the molecule is CCC1(C)CC2(OCC(C)O2)C(C)C(C)(CC)N1[O]. The van der Waals surface area contributed by atoms with E-state index in [1.54, 1.807) is 0 Å². The van der Waals surface area contributed by atoms with E-state index in [1.807, 2.05) is 13.8 Å². The third-order valence-electron chi connectivity index (χ3n) is 5.61. The van der Waals surface area contributed by atoms with Crippen LogP contribution in [0.5, 0.6) is 0 Å². The van der Waals surface area contributed by atoms with E-state index in [0.717, 1.165) is 12.8 Å². The van der Waals surface area contributed by atoms with Crippen molar-refractivity contribution in [1.82, 2.24) is 5.06 Å². The molecule has 1 radical (unpaired) electrons. The Morgan fingerprint density at radius 3 is 2.26 bits per heavy atom. The standard InChI is InChI=1S/C15H28NO3/c1-7-13(5)10-15(18-9-11(3)19-15)12(4)14(6,8-2)16(13)17/h11-12H,7-10H2,1-6H3. The van der Waals surface area contributed by atoms with E-state index in [4.69, 9.17) is 9.47 Å².